The zero-order valence-corrected chi connectivity index (χ0v) is 12.8. The number of likely N-dealkylation sites (tertiary alicyclic amines) is 1. The van der Waals surface area contributed by atoms with Crippen molar-refractivity contribution in [3.8, 4) is 0 Å². The largest absolute Gasteiger partial charge is 0.332 e. The van der Waals surface area contributed by atoms with Gasteiger partial charge in [-0.05, 0) is 50.2 Å². The van der Waals surface area contributed by atoms with Gasteiger partial charge in [-0.3, -0.25) is 0 Å². The maximum absolute atomic E-state index is 12.4. The highest BCUT2D eigenvalue weighted by atomic mass is 16.2. The first-order chi connectivity index (χ1) is 10.1. The fraction of sp³-hybridized carbons (Fsp3) is 0.588. The Hall–Kier alpha value is -1.55. The molecule has 4 nitrogen and oxygen atoms in total. The molecule has 1 aromatic carbocycles. The van der Waals surface area contributed by atoms with Gasteiger partial charge >= 0.3 is 6.03 Å². The fourth-order valence-electron chi connectivity index (χ4n) is 3.17. The number of carbonyl (C=O) groups excluding carboxylic acids is 1. The van der Waals surface area contributed by atoms with E-state index >= 15 is 0 Å². The molecular weight excluding hydrogens is 262 g/mol. The number of hydrogen-bond donors (Lipinski definition) is 2. The minimum Gasteiger partial charge on any atom is -0.332 e. The van der Waals surface area contributed by atoms with Crippen LogP contribution in [0.1, 0.15) is 36.8 Å². The van der Waals surface area contributed by atoms with E-state index in [1.165, 1.54) is 11.1 Å². The van der Waals surface area contributed by atoms with Crippen LogP contribution >= 0.6 is 0 Å². The summed E-state index contributed by atoms with van der Waals surface area (Å²) in [6, 6.07) is 8.64. The van der Waals surface area contributed by atoms with Crippen LogP contribution in [0.2, 0.25) is 0 Å². The van der Waals surface area contributed by atoms with Crippen molar-refractivity contribution in [3.63, 3.8) is 0 Å². The summed E-state index contributed by atoms with van der Waals surface area (Å²) in [6.07, 6.45) is 5.13. The molecule has 2 fully saturated rings. The molecule has 1 atom stereocenters. The molecule has 1 aliphatic heterocycles. The van der Waals surface area contributed by atoms with Crippen molar-refractivity contribution in [1.29, 1.82) is 0 Å². The minimum atomic E-state index is -0.0231. The second-order valence-corrected chi connectivity index (χ2v) is 6.66. The number of amides is 2. The molecule has 0 bridgehead atoms. The molecule has 2 aliphatic rings. The molecule has 1 saturated heterocycles. The van der Waals surface area contributed by atoms with E-state index in [1.807, 2.05) is 4.90 Å². The van der Waals surface area contributed by atoms with Gasteiger partial charge in [-0.2, -0.15) is 0 Å². The number of benzene rings is 1. The fourth-order valence-corrected chi connectivity index (χ4v) is 3.17. The highest BCUT2D eigenvalue weighted by Crippen LogP contribution is 2.39. The Labute approximate surface area is 126 Å². The second-order valence-electron chi connectivity index (χ2n) is 6.66. The van der Waals surface area contributed by atoms with Crippen molar-refractivity contribution in [2.45, 2.75) is 50.6 Å². The predicted molar refractivity (Wildman–Crippen MR) is 84.2 cm³/mol. The molecular formula is C17H25N3O. The van der Waals surface area contributed by atoms with Crippen LogP contribution < -0.4 is 11.1 Å². The van der Waals surface area contributed by atoms with Crippen LogP contribution in [0.15, 0.2) is 24.3 Å². The van der Waals surface area contributed by atoms with Crippen molar-refractivity contribution in [2.75, 3.05) is 13.1 Å². The number of nitrogens with two attached hydrogens (primary N) is 1. The van der Waals surface area contributed by atoms with Gasteiger partial charge in [-0.25, -0.2) is 4.79 Å². The van der Waals surface area contributed by atoms with E-state index in [0.29, 0.717) is 6.54 Å². The van der Waals surface area contributed by atoms with Gasteiger partial charge in [0.1, 0.15) is 0 Å². The zero-order valence-electron chi connectivity index (χ0n) is 12.8. The summed E-state index contributed by atoms with van der Waals surface area (Å²) in [5, 5.41) is 3.26. The first-order valence-corrected chi connectivity index (χ1v) is 7.95. The second kappa shape index (κ2) is 5.68. The highest BCUT2D eigenvalue weighted by molar-refractivity contribution is 5.76. The Bertz CT molecular complexity index is 525. The monoisotopic (exact) mass is 287 g/mol. The molecule has 0 unspecified atom stereocenters. The molecule has 2 amide bonds. The average Bonchev–Trinajstić information content (AvgIpc) is 3.21. The first-order valence-electron chi connectivity index (χ1n) is 7.95. The summed E-state index contributed by atoms with van der Waals surface area (Å²) in [5.74, 6) is 0. The van der Waals surface area contributed by atoms with Gasteiger partial charge in [0.15, 0.2) is 0 Å². The molecule has 1 saturated carbocycles. The van der Waals surface area contributed by atoms with Crippen molar-refractivity contribution >= 4 is 6.03 Å². The van der Waals surface area contributed by atoms with Gasteiger partial charge in [0, 0.05) is 24.7 Å². The van der Waals surface area contributed by atoms with Crippen LogP contribution in [0, 0.1) is 6.92 Å². The van der Waals surface area contributed by atoms with Crippen LogP contribution in [-0.2, 0) is 6.42 Å². The summed E-state index contributed by atoms with van der Waals surface area (Å²) >= 11 is 0. The Morgan fingerprint density at radius 3 is 2.86 bits per heavy atom. The summed E-state index contributed by atoms with van der Waals surface area (Å²) in [6.45, 7) is 3.66. The van der Waals surface area contributed by atoms with Crippen molar-refractivity contribution in [1.82, 2.24) is 10.2 Å². The third-order valence-electron chi connectivity index (χ3n) is 4.76. The van der Waals surface area contributed by atoms with Gasteiger partial charge in [0.25, 0.3) is 0 Å². The average molecular weight is 287 g/mol. The summed E-state index contributed by atoms with van der Waals surface area (Å²) < 4.78 is 0. The van der Waals surface area contributed by atoms with Crippen LogP contribution in [0.5, 0.6) is 0 Å². The molecule has 3 rings (SSSR count). The Balaban J connectivity index is 1.61. The van der Waals surface area contributed by atoms with E-state index in [4.69, 9.17) is 5.73 Å². The summed E-state index contributed by atoms with van der Waals surface area (Å²) in [5.41, 5.74) is 8.58. The lowest BCUT2D eigenvalue weighted by atomic mass is 9.99. The zero-order chi connectivity index (χ0) is 14.9. The quantitative estimate of drug-likeness (QED) is 0.895. The molecule has 1 aromatic rings. The van der Waals surface area contributed by atoms with E-state index in [1.54, 1.807) is 0 Å². The van der Waals surface area contributed by atoms with Gasteiger partial charge in [0.05, 0.1) is 0 Å². The highest BCUT2D eigenvalue weighted by Gasteiger charge is 2.45. The minimum absolute atomic E-state index is 0.0231. The number of piperidine rings is 1. The van der Waals surface area contributed by atoms with Gasteiger partial charge < -0.3 is 16.0 Å². The molecule has 3 N–H and O–H groups in total. The molecule has 0 aromatic heterocycles. The normalized spacial score (nSPS) is 23.7. The number of urea groups is 1. The standard InChI is InChI=1S/C17H25N3O/c1-13-5-2-3-6-14(13)11-17(8-9-17)19-16(21)20-10-4-7-15(18)12-20/h2-3,5-6,15H,4,7-12,18H2,1H3,(H,19,21)/t15-/m0/s1. The Morgan fingerprint density at radius 1 is 1.43 bits per heavy atom. The van der Waals surface area contributed by atoms with E-state index in [9.17, 15) is 4.79 Å². The van der Waals surface area contributed by atoms with Crippen molar-refractivity contribution in [2.24, 2.45) is 5.73 Å². The Morgan fingerprint density at radius 2 is 2.19 bits per heavy atom. The van der Waals surface area contributed by atoms with Gasteiger partial charge in [-0.1, -0.05) is 24.3 Å². The van der Waals surface area contributed by atoms with E-state index in [-0.39, 0.29) is 17.6 Å². The number of nitrogens with one attached hydrogen (secondary N) is 1. The maximum Gasteiger partial charge on any atom is 0.317 e. The predicted octanol–water partition coefficient (Wildman–Crippen LogP) is 2.20. The van der Waals surface area contributed by atoms with Gasteiger partial charge in [-0.15, -0.1) is 0 Å². The third kappa shape index (κ3) is 3.38. The van der Waals surface area contributed by atoms with Crippen LogP contribution in [0.3, 0.4) is 0 Å². The van der Waals surface area contributed by atoms with E-state index in [2.05, 4.69) is 36.5 Å². The van der Waals surface area contributed by atoms with Crippen LogP contribution in [0.4, 0.5) is 4.79 Å². The molecule has 114 valence electrons. The lowest BCUT2D eigenvalue weighted by Gasteiger charge is -2.32. The smallest absolute Gasteiger partial charge is 0.317 e. The topological polar surface area (TPSA) is 58.4 Å². The van der Waals surface area contributed by atoms with Crippen molar-refractivity contribution < 1.29 is 4.79 Å². The van der Waals surface area contributed by atoms with E-state index in [0.717, 1.165) is 38.6 Å². The summed E-state index contributed by atoms with van der Waals surface area (Å²) in [4.78, 5) is 14.3. The van der Waals surface area contributed by atoms with Gasteiger partial charge in [0.2, 0.25) is 0 Å². The molecule has 1 aliphatic carbocycles. The van der Waals surface area contributed by atoms with Crippen LogP contribution in [-0.4, -0.2) is 35.6 Å². The van der Waals surface area contributed by atoms with Crippen LogP contribution in [0.25, 0.3) is 0 Å². The number of nitrogens with zero attached hydrogens (tertiary/aromatic N) is 1. The Kier molecular flexibility index (Phi) is 3.89. The number of hydrogen-bond acceptors (Lipinski definition) is 2. The lowest BCUT2D eigenvalue weighted by Crippen LogP contribution is -2.52. The molecule has 1 heterocycles. The number of carbonyl (C=O) groups is 1. The SMILES string of the molecule is Cc1ccccc1CC1(NC(=O)N2CCC[C@H](N)C2)CC1. The first kappa shape index (κ1) is 14.4. The maximum atomic E-state index is 12.4. The summed E-state index contributed by atoms with van der Waals surface area (Å²) in [7, 11) is 0. The molecule has 4 heteroatoms. The number of aryl methyl sites for hydroxylation is 1. The third-order valence-corrected chi connectivity index (χ3v) is 4.76. The molecule has 21 heavy (non-hydrogen) atoms. The van der Waals surface area contributed by atoms with Crippen molar-refractivity contribution in [3.05, 3.63) is 35.4 Å². The van der Waals surface area contributed by atoms with E-state index < -0.39 is 0 Å². The lowest BCUT2D eigenvalue weighted by molar-refractivity contribution is 0.175. The molecule has 0 spiro atoms. The molecule has 0 radical (unpaired) electrons. The number of rotatable bonds is 3.